The Hall–Kier alpha value is -2.26. The summed E-state index contributed by atoms with van der Waals surface area (Å²) in [4.78, 5) is 12.2. The van der Waals surface area contributed by atoms with Crippen LogP contribution in [0, 0.1) is 0 Å². The molecule has 1 heterocycles. The van der Waals surface area contributed by atoms with Crippen molar-refractivity contribution in [2.24, 2.45) is 0 Å². The monoisotopic (exact) mass is 268 g/mol. The first-order valence-electron chi connectivity index (χ1n) is 5.77. The highest BCUT2D eigenvalue weighted by Crippen LogP contribution is 2.18. The lowest BCUT2D eigenvalue weighted by molar-refractivity contribution is 0.103. The topological polar surface area (TPSA) is 42.9 Å². The molecule has 92 valence electrons. The third-order valence-electron chi connectivity index (χ3n) is 2.82. The van der Waals surface area contributed by atoms with Crippen LogP contribution in [0.5, 0.6) is 0 Å². The Morgan fingerprint density at radius 1 is 0.947 bits per heavy atom. The summed E-state index contributed by atoms with van der Waals surface area (Å²) in [7, 11) is 0. The van der Waals surface area contributed by atoms with E-state index in [-0.39, 0.29) is 5.78 Å². The predicted octanol–water partition coefficient (Wildman–Crippen LogP) is 3.51. The normalized spacial score (nSPS) is 10.6. The number of carbonyl (C=O) groups is 1. The SMILES string of the molecule is O=C(c1ccccc1)c1cc2ccc(Cl)cc2nn1. The average molecular weight is 269 g/mol. The summed E-state index contributed by atoms with van der Waals surface area (Å²) in [6.45, 7) is 0. The fourth-order valence-electron chi connectivity index (χ4n) is 1.86. The fraction of sp³-hybridized carbons (Fsp3) is 0. The number of hydrogen-bond acceptors (Lipinski definition) is 3. The molecule has 1 aromatic heterocycles. The number of hydrogen-bond donors (Lipinski definition) is 0. The van der Waals surface area contributed by atoms with Crippen LogP contribution in [0.4, 0.5) is 0 Å². The molecule has 0 aliphatic carbocycles. The summed E-state index contributed by atoms with van der Waals surface area (Å²) in [5.74, 6) is -0.134. The van der Waals surface area contributed by atoms with Gasteiger partial charge in [-0.25, -0.2) is 0 Å². The largest absolute Gasteiger partial charge is 0.287 e. The van der Waals surface area contributed by atoms with Gasteiger partial charge in [0.05, 0.1) is 5.52 Å². The zero-order chi connectivity index (χ0) is 13.2. The molecule has 3 nitrogen and oxygen atoms in total. The van der Waals surface area contributed by atoms with Gasteiger partial charge in [0.25, 0.3) is 0 Å². The van der Waals surface area contributed by atoms with Crippen LogP contribution in [-0.4, -0.2) is 16.0 Å². The minimum Gasteiger partial charge on any atom is -0.287 e. The van der Waals surface area contributed by atoms with E-state index in [1.807, 2.05) is 24.3 Å². The van der Waals surface area contributed by atoms with E-state index in [2.05, 4.69) is 10.2 Å². The highest BCUT2D eigenvalue weighted by Gasteiger charge is 2.11. The van der Waals surface area contributed by atoms with Crippen molar-refractivity contribution in [3.05, 3.63) is 70.9 Å². The number of halogens is 1. The van der Waals surface area contributed by atoms with E-state index in [1.165, 1.54) is 0 Å². The van der Waals surface area contributed by atoms with E-state index in [1.54, 1.807) is 30.3 Å². The summed E-state index contributed by atoms with van der Waals surface area (Å²) >= 11 is 5.88. The van der Waals surface area contributed by atoms with Crippen LogP contribution < -0.4 is 0 Å². The number of carbonyl (C=O) groups excluding carboxylic acids is 1. The first-order valence-corrected chi connectivity index (χ1v) is 6.14. The molecule has 0 fully saturated rings. The van der Waals surface area contributed by atoms with E-state index in [0.29, 0.717) is 21.8 Å². The van der Waals surface area contributed by atoms with Crippen LogP contribution >= 0.6 is 11.6 Å². The maximum absolute atomic E-state index is 12.2. The second-order valence-corrected chi connectivity index (χ2v) is 4.56. The maximum Gasteiger partial charge on any atom is 0.213 e. The number of fused-ring (bicyclic) bond motifs is 1. The van der Waals surface area contributed by atoms with Gasteiger partial charge in [0, 0.05) is 16.0 Å². The van der Waals surface area contributed by atoms with Crippen molar-refractivity contribution in [2.75, 3.05) is 0 Å². The zero-order valence-corrected chi connectivity index (χ0v) is 10.6. The predicted molar refractivity (Wildman–Crippen MR) is 74.4 cm³/mol. The summed E-state index contributed by atoms with van der Waals surface area (Å²) in [6.07, 6.45) is 0. The van der Waals surface area contributed by atoms with E-state index in [4.69, 9.17) is 11.6 Å². The summed E-state index contributed by atoms with van der Waals surface area (Å²) in [5, 5.41) is 9.45. The van der Waals surface area contributed by atoms with Gasteiger partial charge in [0.2, 0.25) is 5.78 Å². The Labute approximate surface area is 114 Å². The smallest absolute Gasteiger partial charge is 0.213 e. The number of ketones is 1. The molecule has 3 aromatic rings. The molecule has 0 unspecified atom stereocenters. The molecule has 0 saturated carbocycles. The molecule has 3 rings (SSSR count). The van der Waals surface area contributed by atoms with Crippen molar-refractivity contribution < 1.29 is 4.79 Å². The van der Waals surface area contributed by atoms with Gasteiger partial charge in [-0.15, -0.1) is 10.2 Å². The Balaban J connectivity index is 2.07. The molecule has 4 heteroatoms. The average Bonchev–Trinajstić information content (AvgIpc) is 2.47. The van der Waals surface area contributed by atoms with Gasteiger partial charge in [-0.1, -0.05) is 48.0 Å². The first kappa shape index (κ1) is 11.8. The van der Waals surface area contributed by atoms with Gasteiger partial charge in [-0.05, 0) is 18.2 Å². The van der Waals surface area contributed by atoms with Crippen molar-refractivity contribution in [1.82, 2.24) is 10.2 Å². The van der Waals surface area contributed by atoms with Crippen LogP contribution in [-0.2, 0) is 0 Å². The Morgan fingerprint density at radius 2 is 1.74 bits per heavy atom. The van der Waals surface area contributed by atoms with Gasteiger partial charge < -0.3 is 0 Å². The van der Waals surface area contributed by atoms with Crippen molar-refractivity contribution in [3.8, 4) is 0 Å². The van der Waals surface area contributed by atoms with E-state index < -0.39 is 0 Å². The van der Waals surface area contributed by atoms with Gasteiger partial charge in [0.1, 0.15) is 5.69 Å². The molecule has 0 amide bonds. The van der Waals surface area contributed by atoms with Crippen LogP contribution in [0.1, 0.15) is 16.1 Å². The van der Waals surface area contributed by atoms with Gasteiger partial charge in [-0.3, -0.25) is 4.79 Å². The molecule has 0 radical (unpaired) electrons. The lowest BCUT2D eigenvalue weighted by atomic mass is 10.1. The third kappa shape index (κ3) is 2.33. The quantitative estimate of drug-likeness (QED) is 0.668. The van der Waals surface area contributed by atoms with Crippen molar-refractivity contribution in [1.29, 1.82) is 0 Å². The molecule has 0 bridgehead atoms. The molecular weight excluding hydrogens is 260 g/mol. The van der Waals surface area contributed by atoms with E-state index >= 15 is 0 Å². The summed E-state index contributed by atoms with van der Waals surface area (Å²) in [6, 6.07) is 16.1. The standard InChI is InChI=1S/C15H9ClN2O/c16-12-7-6-11-8-14(18-17-13(11)9-12)15(19)10-4-2-1-3-5-10/h1-9H. The van der Waals surface area contributed by atoms with Crippen LogP contribution in [0.2, 0.25) is 5.02 Å². The Kier molecular flexibility index (Phi) is 2.97. The first-order chi connectivity index (χ1) is 9.24. The Morgan fingerprint density at radius 3 is 2.53 bits per heavy atom. The number of nitrogens with zero attached hydrogens (tertiary/aromatic N) is 2. The summed E-state index contributed by atoms with van der Waals surface area (Å²) in [5.41, 5.74) is 1.61. The molecule has 0 spiro atoms. The van der Waals surface area contributed by atoms with Gasteiger partial charge in [-0.2, -0.15) is 0 Å². The zero-order valence-electron chi connectivity index (χ0n) is 9.88. The lowest BCUT2D eigenvalue weighted by Crippen LogP contribution is -2.05. The number of benzene rings is 2. The third-order valence-corrected chi connectivity index (χ3v) is 3.05. The molecule has 0 aliphatic rings. The maximum atomic E-state index is 12.2. The van der Waals surface area contributed by atoms with E-state index in [0.717, 1.165) is 5.39 Å². The second kappa shape index (κ2) is 4.78. The molecule has 19 heavy (non-hydrogen) atoms. The molecule has 0 aliphatic heterocycles. The van der Waals surface area contributed by atoms with Crippen LogP contribution in [0.3, 0.4) is 0 Å². The fourth-order valence-corrected chi connectivity index (χ4v) is 2.02. The Bertz CT molecular complexity index is 756. The number of rotatable bonds is 2. The molecule has 2 aromatic carbocycles. The molecule has 0 atom stereocenters. The lowest BCUT2D eigenvalue weighted by Gasteiger charge is -2.02. The highest BCUT2D eigenvalue weighted by molar-refractivity contribution is 6.31. The van der Waals surface area contributed by atoms with Gasteiger partial charge in [0.15, 0.2) is 0 Å². The minimum absolute atomic E-state index is 0.134. The molecule has 0 saturated heterocycles. The van der Waals surface area contributed by atoms with Crippen molar-refractivity contribution in [2.45, 2.75) is 0 Å². The number of aromatic nitrogens is 2. The summed E-state index contributed by atoms with van der Waals surface area (Å²) < 4.78 is 0. The highest BCUT2D eigenvalue weighted by atomic mass is 35.5. The van der Waals surface area contributed by atoms with E-state index in [9.17, 15) is 4.79 Å². The molecule has 0 N–H and O–H groups in total. The van der Waals surface area contributed by atoms with Crippen molar-refractivity contribution >= 4 is 28.3 Å². The van der Waals surface area contributed by atoms with Crippen molar-refractivity contribution in [3.63, 3.8) is 0 Å². The molecular formula is C15H9ClN2O. The van der Waals surface area contributed by atoms with Gasteiger partial charge >= 0.3 is 0 Å². The minimum atomic E-state index is -0.134. The van der Waals surface area contributed by atoms with Crippen LogP contribution in [0.15, 0.2) is 54.6 Å². The van der Waals surface area contributed by atoms with Crippen LogP contribution in [0.25, 0.3) is 10.9 Å². The second-order valence-electron chi connectivity index (χ2n) is 4.13.